The Morgan fingerprint density at radius 3 is 2.80 bits per heavy atom. The van der Waals surface area contributed by atoms with Gasteiger partial charge < -0.3 is 10.3 Å². The molecule has 1 aromatic rings. The van der Waals surface area contributed by atoms with Crippen molar-refractivity contribution in [2.24, 2.45) is 17.8 Å². The molecular weight excluding hydrogens is 188 g/mol. The van der Waals surface area contributed by atoms with Gasteiger partial charge in [0, 0.05) is 12.7 Å². The molecule has 3 heteroatoms. The van der Waals surface area contributed by atoms with E-state index >= 15 is 0 Å². The maximum Gasteiger partial charge on any atom is 0.273 e. The summed E-state index contributed by atoms with van der Waals surface area (Å²) >= 11 is 0. The quantitative estimate of drug-likeness (QED) is 0.793. The average Bonchev–Trinajstić information content (AvgIpc) is 2.82. The molecule has 80 valence electrons. The molecule has 2 N–H and O–H groups in total. The first-order valence-electron chi connectivity index (χ1n) is 5.69. The van der Waals surface area contributed by atoms with Crippen LogP contribution < -0.4 is 11.3 Å². The van der Waals surface area contributed by atoms with Crippen LogP contribution in [-0.2, 0) is 6.54 Å². The van der Waals surface area contributed by atoms with Crippen molar-refractivity contribution in [3.63, 3.8) is 0 Å². The van der Waals surface area contributed by atoms with Crippen LogP contribution >= 0.6 is 0 Å². The second-order valence-electron chi connectivity index (χ2n) is 5.01. The van der Waals surface area contributed by atoms with Gasteiger partial charge in [0.1, 0.15) is 0 Å². The zero-order chi connectivity index (χ0) is 10.4. The number of nitrogens with two attached hydrogens (primary N) is 1. The molecule has 1 aromatic heterocycles. The van der Waals surface area contributed by atoms with E-state index in [0.29, 0.717) is 11.6 Å². The van der Waals surface area contributed by atoms with E-state index < -0.39 is 0 Å². The lowest BCUT2D eigenvalue weighted by Gasteiger charge is -2.13. The van der Waals surface area contributed by atoms with E-state index in [1.54, 1.807) is 10.6 Å². The van der Waals surface area contributed by atoms with Gasteiger partial charge in [-0.15, -0.1) is 0 Å². The molecular formula is C12H16N2O. The summed E-state index contributed by atoms with van der Waals surface area (Å²) in [5.74, 6) is 2.66. The molecule has 2 fully saturated rings. The Bertz CT molecular complexity index is 427. The first kappa shape index (κ1) is 9.01. The third-order valence-corrected chi connectivity index (χ3v) is 3.85. The zero-order valence-corrected chi connectivity index (χ0v) is 8.73. The van der Waals surface area contributed by atoms with Gasteiger partial charge in [-0.05, 0) is 49.1 Å². The third kappa shape index (κ3) is 1.56. The molecule has 2 unspecified atom stereocenters. The minimum absolute atomic E-state index is 0.0296. The maximum absolute atomic E-state index is 11.7. The van der Waals surface area contributed by atoms with Gasteiger partial charge in [0.05, 0.1) is 5.69 Å². The van der Waals surface area contributed by atoms with Crippen LogP contribution in [0.3, 0.4) is 0 Å². The number of aromatic nitrogens is 1. The van der Waals surface area contributed by atoms with Gasteiger partial charge in [-0.25, -0.2) is 0 Å². The maximum atomic E-state index is 11.7. The first-order chi connectivity index (χ1) is 7.24. The van der Waals surface area contributed by atoms with E-state index in [1.165, 1.54) is 19.3 Å². The Hall–Kier alpha value is -1.25. The fourth-order valence-corrected chi connectivity index (χ4v) is 2.97. The van der Waals surface area contributed by atoms with E-state index in [0.717, 1.165) is 18.4 Å². The molecule has 1 heterocycles. The largest absolute Gasteiger partial charge is 0.394 e. The molecule has 0 aliphatic heterocycles. The number of rotatable bonds is 2. The molecule has 15 heavy (non-hydrogen) atoms. The summed E-state index contributed by atoms with van der Waals surface area (Å²) < 4.78 is 1.77. The van der Waals surface area contributed by atoms with Crippen molar-refractivity contribution < 1.29 is 0 Å². The highest BCUT2D eigenvalue weighted by Gasteiger charge is 2.45. The molecule has 2 saturated carbocycles. The Morgan fingerprint density at radius 2 is 2.07 bits per heavy atom. The second-order valence-corrected chi connectivity index (χ2v) is 5.01. The van der Waals surface area contributed by atoms with E-state index in [-0.39, 0.29) is 5.56 Å². The van der Waals surface area contributed by atoms with Gasteiger partial charge in [0.15, 0.2) is 0 Å². The van der Waals surface area contributed by atoms with E-state index in [4.69, 9.17) is 5.73 Å². The number of nitrogen functional groups attached to an aromatic ring is 1. The first-order valence-corrected chi connectivity index (χ1v) is 5.69. The van der Waals surface area contributed by atoms with Crippen LogP contribution in [-0.4, -0.2) is 4.57 Å². The summed E-state index contributed by atoms with van der Waals surface area (Å²) in [7, 11) is 0. The SMILES string of the molecule is Nc1cccn(CC2CC3CC3C2)c1=O. The van der Waals surface area contributed by atoms with Crippen LogP contribution in [0.4, 0.5) is 5.69 Å². The summed E-state index contributed by atoms with van der Waals surface area (Å²) in [5.41, 5.74) is 5.93. The molecule has 0 saturated heterocycles. The van der Waals surface area contributed by atoms with Crippen LogP contribution in [0.25, 0.3) is 0 Å². The predicted molar refractivity (Wildman–Crippen MR) is 59.4 cm³/mol. The molecule has 2 aliphatic rings. The Morgan fingerprint density at radius 1 is 1.33 bits per heavy atom. The van der Waals surface area contributed by atoms with Crippen molar-refractivity contribution in [2.75, 3.05) is 5.73 Å². The Labute approximate surface area is 88.9 Å². The van der Waals surface area contributed by atoms with Crippen LogP contribution in [0, 0.1) is 17.8 Å². The monoisotopic (exact) mass is 204 g/mol. The number of fused-ring (bicyclic) bond motifs is 1. The summed E-state index contributed by atoms with van der Waals surface area (Å²) in [5, 5.41) is 0. The van der Waals surface area contributed by atoms with Crippen molar-refractivity contribution in [1.82, 2.24) is 4.57 Å². The average molecular weight is 204 g/mol. The van der Waals surface area contributed by atoms with Crippen LogP contribution in [0.1, 0.15) is 19.3 Å². The minimum Gasteiger partial charge on any atom is -0.394 e. The van der Waals surface area contributed by atoms with Crippen molar-refractivity contribution in [3.8, 4) is 0 Å². The highest BCUT2D eigenvalue weighted by molar-refractivity contribution is 5.33. The smallest absolute Gasteiger partial charge is 0.273 e. The molecule has 0 amide bonds. The standard InChI is InChI=1S/C12H16N2O/c13-11-2-1-3-14(12(11)15)7-8-4-9-6-10(9)5-8/h1-3,8-10H,4-7,13H2. The number of hydrogen-bond donors (Lipinski definition) is 1. The third-order valence-electron chi connectivity index (χ3n) is 3.85. The van der Waals surface area contributed by atoms with E-state index in [1.807, 2.05) is 12.3 Å². The molecule has 0 spiro atoms. The van der Waals surface area contributed by atoms with Gasteiger partial charge in [-0.3, -0.25) is 4.79 Å². The zero-order valence-electron chi connectivity index (χ0n) is 8.73. The second kappa shape index (κ2) is 3.12. The number of nitrogens with zero attached hydrogens (tertiary/aromatic N) is 1. The summed E-state index contributed by atoms with van der Waals surface area (Å²) in [6, 6.07) is 3.53. The minimum atomic E-state index is -0.0296. The lowest BCUT2D eigenvalue weighted by atomic mass is 10.0. The lowest BCUT2D eigenvalue weighted by Crippen LogP contribution is -2.25. The van der Waals surface area contributed by atoms with Crippen LogP contribution in [0.2, 0.25) is 0 Å². The van der Waals surface area contributed by atoms with Crippen molar-refractivity contribution in [1.29, 1.82) is 0 Å². The van der Waals surface area contributed by atoms with Crippen LogP contribution in [0.5, 0.6) is 0 Å². The number of pyridine rings is 1. The fourth-order valence-electron chi connectivity index (χ4n) is 2.97. The Kier molecular flexibility index (Phi) is 1.87. The fraction of sp³-hybridized carbons (Fsp3) is 0.583. The molecule has 3 rings (SSSR count). The summed E-state index contributed by atoms with van der Waals surface area (Å²) in [6.45, 7) is 0.858. The van der Waals surface area contributed by atoms with Crippen molar-refractivity contribution in [2.45, 2.75) is 25.8 Å². The van der Waals surface area contributed by atoms with E-state index in [9.17, 15) is 4.79 Å². The Balaban J connectivity index is 1.76. The molecule has 0 aromatic carbocycles. The highest BCUT2D eigenvalue weighted by atomic mass is 16.1. The molecule has 3 nitrogen and oxygen atoms in total. The molecule has 0 bridgehead atoms. The lowest BCUT2D eigenvalue weighted by molar-refractivity contribution is 0.411. The van der Waals surface area contributed by atoms with E-state index in [2.05, 4.69) is 0 Å². The topological polar surface area (TPSA) is 48.0 Å². The normalized spacial score (nSPS) is 32.7. The number of anilines is 1. The number of hydrogen-bond acceptors (Lipinski definition) is 2. The van der Waals surface area contributed by atoms with Crippen molar-refractivity contribution >= 4 is 5.69 Å². The molecule has 0 radical (unpaired) electrons. The predicted octanol–water partition coefficient (Wildman–Crippen LogP) is 1.48. The van der Waals surface area contributed by atoms with Gasteiger partial charge in [-0.2, -0.15) is 0 Å². The van der Waals surface area contributed by atoms with Crippen LogP contribution in [0.15, 0.2) is 23.1 Å². The summed E-state index contributed by atoms with van der Waals surface area (Å²) in [4.78, 5) is 11.7. The molecule has 2 aliphatic carbocycles. The van der Waals surface area contributed by atoms with Gasteiger partial charge in [0.2, 0.25) is 0 Å². The summed E-state index contributed by atoms with van der Waals surface area (Å²) in [6.07, 6.45) is 5.91. The van der Waals surface area contributed by atoms with Crippen molar-refractivity contribution in [3.05, 3.63) is 28.7 Å². The highest BCUT2D eigenvalue weighted by Crippen LogP contribution is 2.54. The van der Waals surface area contributed by atoms with Gasteiger partial charge >= 0.3 is 0 Å². The van der Waals surface area contributed by atoms with Gasteiger partial charge in [0.25, 0.3) is 5.56 Å². The van der Waals surface area contributed by atoms with Gasteiger partial charge in [-0.1, -0.05) is 0 Å². The molecule has 2 atom stereocenters.